The van der Waals surface area contributed by atoms with Crippen LogP contribution in [0, 0.1) is 5.92 Å². The number of carbonyl (C=O) groups excluding carboxylic acids is 2. The number of hydrogen-bond donors (Lipinski definition) is 2. The fourth-order valence-corrected chi connectivity index (χ4v) is 6.40. The number of ether oxygens (including phenoxy) is 1. The number of amides is 1. The number of nitrogens with zero attached hydrogens (tertiary/aromatic N) is 4. The Morgan fingerprint density at radius 2 is 1.54 bits per heavy atom. The van der Waals surface area contributed by atoms with Crippen LogP contribution in [-0.4, -0.2) is 62.2 Å². The van der Waals surface area contributed by atoms with E-state index in [-0.39, 0.29) is 5.92 Å². The predicted molar refractivity (Wildman–Crippen MR) is 134 cm³/mol. The molecule has 188 valence electrons. The summed E-state index contributed by atoms with van der Waals surface area (Å²) in [4.78, 5) is 39.0. The Bertz CT molecular complexity index is 1330. The SMILES string of the molecule is NC(=O)C(c1ncncn1)[N+]12CCC(CC1)[C@@H](OC(=O)C1(O)c3ccccc3C=Cc3ccccc31)C2. The molecule has 1 amide bonds. The third kappa shape index (κ3) is 3.73. The molecule has 1 aromatic heterocycles. The van der Waals surface area contributed by atoms with Crippen LogP contribution in [0.25, 0.3) is 12.2 Å². The van der Waals surface area contributed by atoms with Crippen LogP contribution in [-0.2, 0) is 19.9 Å². The minimum Gasteiger partial charge on any atom is -0.453 e. The van der Waals surface area contributed by atoms with Crippen LogP contribution in [0.5, 0.6) is 0 Å². The topological polar surface area (TPSA) is 128 Å². The second kappa shape index (κ2) is 8.86. The molecular weight excluding hydrogens is 470 g/mol. The van der Waals surface area contributed by atoms with Gasteiger partial charge in [0.1, 0.15) is 19.2 Å². The lowest BCUT2D eigenvalue weighted by Gasteiger charge is -2.54. The molecule has 9 heteroatoms. The van der Waals surface area contributed by atoms with Gasteiger partial charge in [-0.3, -0.25) is 4.79 Å². The van der Waals surface area contributed by atoms with E-state index in [2.05, 4.69) is 15.0 Å². The molecule has 9 nitrogen and oxygen atoms in total. The van der Waals surface area contributed by atoms with E-state index in [0.29, 0.717) is 41.1 Å². The smallest absolute Gasteiger partial charge is 0.348 e. The van der Waals surface area contributed by atoms with E-state index in [1.54, 1.807) is 24.3 Å². The van der Waals surface area contributed by atoms with E-state index in [9.17, 15) is 14.7 Å². The first-order chi connectivity index (χ1) is 17.9. The van der Waals surface area contributed by atoms with Gasteiger partial charge in [0.05, 0.1) is 13.1 Å². The first-order valence-corrected chi connectivity index (χ1v) is 12.5. The number of piperidine rings is 3. The van der Waals surface area contributed by atoms with Crippen molar-refractivity contribution < 1.29 is 23.9 Å². The van der Waals surface area contributed by atoms with E-state index in [1.807, 2.05) is 36.4 Å². The van der Waals surface area contributed by atoms with Gasteiger partial charge < -0.3 is 20.1 Å². The van der Waals surface area contributed by atoms with Gasteiger partial charge in [-0.25, -0.2) is 19.7 Å². The average Bonchev–Trinajstić information content (AvgIpc) is 3.05. The molecular formula is C28H28N5O4+. The molecule has 1 aliphatic carbocycles. The summed E-state index contributed by atoms with van der Waals surface area (Å²) in [5.74, 6) is -0.783. The minimum absolute atomic E-state index is 0.133. The first-order valence-electron chi connectivity index (χ1n) is 12.5. The molecule has 37 heavy (non-hydrogen) atoms. The molecule has 4 heterocycles. The van der Waals surface area contributed by atoms with Crippen LogP contribution >= 0.6 is 0 Å². The molecule has 3 aliphatic heterocycles. The number of nitrogens with two attached hydrogens (primary N) is 1. The Morgan fingerprint density at radius 3 is 2.11 bits per heavy atom. The van der Waals surface area contributed by atoms with Crippen molar-refractivity contribution >= 4 is 24.0 Å². The number of fused-ring (bicyclic) bond motifs is 5. The van der Waals surface area contributed by atoms with Gasteiger partial charge in [0.25, 0.3) is 5.91 Å². The van der Waals surface area contributed by atoms with Gasteiger partial charge in [-0.2, -0.15) is 0 Å². The Hall–Kier alpha value is -3.95. The molecule has 3 aromatic rings. The van der Waals surface area contributed by atoms with Crippen molar-refractivity contribution in [1.29, 1.82) is 0 Å². The van der Waals surface area contributed by atoms with Gasteiger partial charge in [0.15, 0.2) is 11.9 Å². The number of rotatable bonds is 5. The van der Waals surface area contributed by atoms with E-state index in [4.69, 9.17) is 10.5 Å². The largest absolute Gasteiger partial charge is 0.453 e. The third-order valence-corrected chi connectivity index (χ3v) is 8.23. The van der Waals surface area contributed by atoms with Crippen molar-refractivity contribution in [3.05, 3.63) is 89.3 Å². The quantitative estimate of drug-likeness (QED) is 0.407. The van der Waals surface area contributed by atoms with Crippen molar-refractivity contribution in [2.75, 3.05) is 19.6 Å². The first kappa shape index (κ1) is 23.4. The highest BCUT2D eigenvalue weighted by atomic mass is 16.6. The Balaban J connectivity index is 1.35. The van der Waals surface area contributed by atoms with Crippen molar-refractivity contribution in [2.45, 2.75) is 30.6 Å². The molecule has 0 radical (unpaired) electrons. The van der Waals surface area contributed by atoms with Gasteiger partial charge in [-0.05, 0) is 11.1 Å². The van der Waals surface area contributed by atoms with Gasteiger partial charge in [-0.1, -0.05) is 60.7 Å². The zero-order chi connectivity index (χ0) is 25.6. The number of esters is 1. The number of aliphatic hydroxyl groups is 1. The summed E-state index contributed by atoms with van der Waals surface area (Å²) in [6.45, 7) is 1.81. The van der Waals surface area contributed by atoms with Crippen molar-refractivity contribution in [3.8, 4) is 0 Å². The van der Waals surface area contributed by atoms with Crippen LogP contribution in [0.15, 0.2) is 61.2 Å². The molecule has 0 saturated carbocycles. The number of aromatic nitrogens is 3. The summed E-state index contributed by atoms with van der Waals surface area (Å²) in [5, 5.41) is 12.1. The van der Waals surface area contributed by atoms with Crippen molar-refractivity contribution in [2.24, 2.45) is 11.7 Å². The lowest BCUT2D eigenvalue weighted by atomic mass is 9.80. The highest BCUT2D eigenvalue weighted by molar-refractivity contribution is 5.91. The molecule has 2 bridgehead atoms. The molecule has 3 fully saturated rings. The average molecular weight is 499 g/mol. The second-order valence-electron chi connectivity index (χ2n) is 10.1. The van der Waals surface area contributed by atoms with E-state index < -0.39 is 29.6 Å². The second-order valence-corrected chi connectivity index (χ2v) is 10.1. The Morgan fingerprint density at radius 1 is 0.973 bits per heavy atom. The number of benzene rings is 2. The molecule has 4 aliphatic rings. The number of quaternary nitrogens is 1. The van der Waals surface area contributed by atoms with E-state index >= 15 is 0 Å². The maximum atomic E-state index is 14.0. The summed E-state index contributed by atoms with van der Waals surface area (Å²) in [7, 11) is 0. The zero-order valence-corrected chi connectivity index (χ0v) is 20.2. The maximum absolute atomic E-state index is 14.0. The van der Waals surface area contributed by atoms with Crippen molar-refractivity contribution in [1.82, 2.24) is 15.0 Å². The molecule has 3 saturated heterocycles. The van der Waals surface area contributed by atoms with Crippen LogP contribution in [0.1, 0.15) is 47.0 Å². The van der Waals surface area contributed by atoms with Gasteiger partial charge >= 0.3 is 5.97 Å². The normalized spacial score (nSPS) is 25.9. The zero-order valence-electron chi connectivity index (χ0n) is 20.2. The third-order valence-electron chi connectivity index (χ3n) is 8.23. The fraction of sp³-hybridized carbons (Fsp3) is 0.321. The Labute approximate surface area is 214 Å². The molecule has 2 aromatic carbocycles. The Kier molecular flexibility index (Phi) is 5.62. The summed E-state index contributed by atoms with van der Waals surface area (Å²) in [6, 6.07) is 13.9. The summed E-state index contributed by atoms with van der Waals surface area (Å²) >= 11 is 0. The number of hydrogen-bond acceptors (Lipinski definition) is 7. The lowest BCUT2D eigenvalue weighted by molar-refractivity contribution is -0.965. The van der Waals surface area contributed by atoms with Gasteiger partial charge in [0.2, 0.25) is 11.6 Å². The van der Waals surface area contributed by atoms with E-state index in [0.717, 1.165) is 24.0 Å². The van der Waals surface area contributed by atoms with Crippen LogP contribution in [0.2, 0.25) is 0 Å². The van der Waals surface area contributed by atoms with Gasteiger partial charge in [-0.15, -0.1) is 0 Å². The summed E-state index contributed by atoms with van der Waals surface area (Å²) in [6.07, 6.45) is 7.56. The summed E-state index contributed by atoms with van der Waals surface area (Å²) < 4.78 is 6.51. The monoisotopic (exact) mass is 498 g/mol. The fourth-order valence-electron chi connectivity index (χ4n) is 6.40. The van der Waals surface area contributed by atoms with Crippen molar-refractivity contribution in [3.63, 3.8) is 0 Å². The van der Waals surface area contributed by atoms with E-state index in [1.165, 1.54) is 12.7 Å². The highest BCUT2D eigenvalue weighted by Gasteiger charge is 2.56. The van der Waals surface area contributed by atoms with Crippen LogP contribution in [0.3, 0.4) is 0 Å². The lowest BCUT2D eigenvalue weighted by Crippen LogP contribution is -2.68. The standard InChI is InChI=1S/C28H27N5O4/c29-25(34)24(26-31-16-30-17-32-26)33-13-11-20(12-14-33)23(15-33)37-27(35)28(36)21-7-3-1-5-18(21)9-10-19-6-2-4-8-22(19)28/h1-10,16-17,20,23-24,36H,11-15H2,(H-,29,34)/p+1/t20?,23-,24?,33?/m0/s1. The highest BCUT2D eigenvalue weighted by Crippen LogP contribution is 2.44. The van der Waals surface area contributed by atoms with Gasteiger partial charge in [0, 0.05) is 29.9 Å². The minimum atomic E-state index is -1.98. The molecule has 0 spiro atoms. The van der Waals surface area contributed by atoms with Crippen LogP contribution in [0.4, 0.5) is 0 Å². The van der Waals surface area contributed by atoms with Crippen LogP contribution < -0.4 is 5.73 Å². The molecule has 1 unspecified atom stereocenters. The summed E-state index contributed by atoms with van der Waals surface area (Å²) in [5.41, 5.74) is 6.35. The number of carbonyl (C=O) groups is 2. The predicted octanol–water partition coefficient (Wildman–Crippen LogP) is 1.97. The molecule has 7 rings (SSSR count). The number of primary amides is 1. The maximum Gasteiger partial charge on any atom is 0.348 e. The molecule has 2 atom stereocenters. The molecule has 3 N–H and O–H groups in total.